The van der Waals surface area contributed by atoms with Crippen molar-refractivity contribution in [2.45, 2.75) is 64.3 Å². The van der Waals surface area contributed by atoms with Crippen molar-refractivity contribution in [2.24, 2.45) is 23.2 Å². The van der Waals surface area contributed by atoms with Crippen LogP contribution in [0.3, 0.4) is 0 Å². The summed E-state index contributed by atoms with van der Waals surface area (Å²) in [7, 11) is 1.53. The Morgan fingerprint density at radius 2 is 1.69 bits per heavy atom. The summed E-state index contributed by atoms with van der Waals surface area (Å²) in [5.41, 5.74) is 0.857. The second kappa shape index (κ2) is 8.09. The molecule has 1 atom stereocenters. The molecule has 2 N–H and O–H groups in total. The van der Waals surface area contributed by atoms with Gasteiger partial charge in [0.2, 0.25) is 17.7 Å². The molecule has 4 saturated carbocycles. The standard InChI is InChI=1S/C25H33N3O4/c1-15(29)26-20-11-19(5-6-22(20)32-2)27-23(30)21-4-3-7-28(21)24(31)25-12-16-8-17(13-25)10-18(9-16)14-25/h5-6,11,16-18,21H,3-4,7-10,12-14H2,1-2H3,(H,26,29)(H,27,30). The summed E-state index contributed by atoms with van der Waals surface area (Å²) in [5, 5.41) is 5.70. The zero-order chi connectivity index (χ0) is 22.5. The Labute approximate surface area is 189 Å². The smallest absolute Gasteiger partial charge is 0.247 e. The third-order valence-electron chi connectivity index (χ3n) is 8.09. The van der Waals surface area contributed by atoms with Crippen molar-refractivity contribution in [3.63, 3.8) is 0 Å². The van der Waals surface area contributed by atoms with Crippen LogP contribution in [0, 0.1) is 23.2 Å². The van der Waals surface area contributed by atoms with Crippen molar-refractivity contribution in [2.75, 3.05) is 24.3 Å². The van der Waals surface area contributed by atoms with Crippen LogP contribution in [0.15, 0.2) is 18.2 Å². The van der Waals surface area contributed by atoms with Crippen molar-refractivity contribution in [3.05, 3.63) is 18.2 Å². The molecule has 0 spiro atoms. The fourth-order valence-corrected chi connectivity index (χ4v) is 7.26. The van der Waals surface area contributed by atoms with E-state index in [-0.39, 0.29) is 23.1 Å². The molecule has 0 radical (unpaired) electrons. The van der Waals surface area contributed by atoms with E-state index in [1.165, 1.54) is 33.3 Å². The van der Waals surface area contributed by atoms with Gasteiger partial charge in [-0.25, -0.2) is 0 Å². The second-order valence-corrected chi connectivity index (χ2v) is 10.4. The highest BCUT2D eigenvalue weighted by molar-refractivity contribution is 5.99. The first kappa shape index (κ1) is 21.3. The number of anilines is 2. The van der Waals surface area contributed by atoms with Gasteiger partial charge in [-0.3, -0.25) is 14.4 Å². The van der Waals surface area contributed by atoms with Crippen LogP contribution in [0.4, 0.5) is 11.4 Å². The molecule has 0 aromatic heterocycles. The first-order valence-electron chi connectivity index (χ1n) is 11.9. The number of rotatable bonds is 5. The number of amides is 3. The van der Waals surface area contributed by atoms with Gasteiger partial charge in [0, 0.05) is 19.2 Å². The molecule has 1 aromatic carbocycles. The number of hydrogen-bond acceptors (Lipinski definition) is 4. The number of nitrogens with zero attached hydrogens (tertiary/aromatic N) is 1. The molecule has 4 bridgehead atoms. The van der Waals surface area contributed by atoms with E-state index < -0.39 is 6.04 Å². The number of methoxy groups -OCH3 is 1. The van der Waals surface area contributed by atoms with Gasteiger partial charge in [-0.2, -0.15) is 0 Å². The molecule has 6 rings (SSSR count). The Balaban J connectivity index is 1.31. The molecule has 5 aliphatic rings. The molecule has 32 heavy (non-hydrogen) atoms. The van der Waals surface area contributed by atoms with Crippen LogP contribution in [0.25, 0.3) is 0 Å². The topological polar surface area (TPSA) is 87.7 Å². The fraction of sp³-hybridized carbons (Fsp3) is 0.640. The van der Waals surface area contributed by atoms with E-state index in [0.29, 0.717) is 47.8 Å². The number of carbonyl (C=O) groups is 3. The molecule has 7 nitrogen and oxygen atoms in total. The molecular weight excluding hydrogens is 406 g/mol. The molecule has 7 heteroatoms. The molecule has 1 aliphatic heterocycles. The number of hydrogen-bond donors (Lipinski definition) is 2. The van der Waals surface area contributed by atoms with Crippen LogP contribution in [0.2, 0.25) is 0 Å². The molecule has 4 aliphatic carbocycles. The van der Waals surface area contributed by atoms with Crippen molar-refractivity contribution in [3.8, 4) is 5.75 Å². The van der Waals surface area contributed by atoms with Crippen LogP contribution in [-0.2, 0) is 14.4 Å². The summed E-state index contributed by atoms with van der Waals surface area (Å²) in [4.78, 5) is 40.4. The van der Waals surface area contributed by atoms with Crippen molar-refractivity contribution in [1.29, 1.82) is 0 Å². The highest BCUT2D eigenvalue weighted by Crippen LogP contribution is 2.60. The molecule has 1 aromatic rings. The summed E-state index contributed by atoms with van der Waals surface area (Å²) in [6.45, 7) is 2.09. The van der Waals surface area contributed by atoms with Gasteiger partial charge in [-0.05, 0) is 87.3 Å². The molecular formula is C25H33N3O4. The van der Waals surface area contributed by atoms with E-state index in [2.05, 4.69) is 10.6 Å². The van der Waals surface area contributed by atoms with E-state index in [9.17, 15) is 14.4 Å². The maximum Gasteiger partial charge on any atom is 0.247 e. The molecule has 1 heterocycles. The highest BCUT2D eigenvalue weighted by Gasteiger charge is 2.56. The predicted molar refractivity (Wildman–Crippen MR) is 121 cm³/mol. The lowest BCUT2D eigenvalue weighted by Gasteiger charge is -2.56. The zero-order valence-electron chi connectivity index (χ0n) is 19.0. The molecule has 3 amide bonds. The summed E-state index contributed by atoms with van der Waals surface area (Å²) < 4.78 is 5.29. The minimum absolute atomic E-state index is 0.153. The normalized spacial score (nSPS) is 32.6. The molecule has 1 unspecified atom stereocenters. The number of carbonyl (C=O) groups excluding carboxylic acids is 3. The fourth-order valence-electron chi connectivity index (χ4n) is 7.26. The zero-order valence-corrected chi connectivity index (χ0v) is 19.0. The van der Waals surface area contributed by atoms with Crippen LogP contribution >= 0.6 is 0 Å². The van der Waals surface area contributed by atoms with Crippen LogP contribution in [0.5, 0.6) is 5.75 Å². The lowest BCUT2D eigenvalue weighted by atomic mass is 9.49. The quantitative estimate of drug-likeness (QED) is 0.731. The van der Waals surface area contributed by atoms with E-state index in [1.807, 2.05) is 4.90 Å². The summed E-state index contributed by atoms with van der Waals surface area (Å²) in [6.07, 6.45) is 8.48. The Bertz CT molecular complexity index is 908. The van der Waals surface area contributed by atoms with Gasteiger partial charge in [0.05, 0.1) is 18.2 Å². The number of benzene rings is 1. The molecule has 172 valence electrons. The average molecular weight is 440 g/mol. The van der Waals surface area contributed by atoms with E-state index in [4.69, 9.17) is 4.74 Å². The third-order valence-corrected chi connectivity index (χ3v) is 8.09. The lowest BCUT2D eigenvalue weighted by Crippen LogP contribution is -2.56. The summed E-state index contributed by atoms with van der Waals surface area (Å²) >= 11 is 0. The van der Waals surface area contributed by atoms with Gasteiger partial charge < -0.3 is 20.3 Å². The maximum atomic E-state index is 13.8. The van der Waals surface area contributed by atoms with Gasteiger partial charge in [0.1, 0.15) is 11.8 Å². The maximum absolute atomic E-state index is 13.8. The lowest BCUT2D eigenvalue weighted by molar-refractivity contribution is -0.160. The molecule has 1 saturated heterocycles. The minimum Gasteiger partial charge on any atom is -0.495 e. The van der Waals surface area contributed by atoms with Gasteiger partial charge in [0.15, 0.2) is 0 Å². The summed E-state index contributed by atoms with van der Waals surface area (Å²) in [5.74, 6) is 2.49. The van der Waals surface area contributed by atoms with Gasteiger partial charge >= 0.3 is 0 Å². The van der Waals surface area contributed by atoms with Crippen LogP contribution in [0.1, 0.15) is 58.3 Å². The Hall–Kier alpha value is -2.57. The predicted octanol–water partition coefficient (Wildman–Crippen LogP) is 3.80. The monoisotopic (exact) mass is 439 g/mol. The third kappa shape index (κ3) is 3.76. The van der Waals surface area contributed by atoms with E-state index in [0.717, 1.165) is 25.7 Å². The van der Waals surface area contributed by atoms with E-state index in [1.54, 1.807) is 18.2 Å². The Morgan fingerprint density at radius 1 is 1.03 bits per heavy atom. The molecule has 5 fully saturated rings. The van der Waals surface area contributed by atoms with Gasteiger partial charge in [-0.1, -0.05) is 0 Å². The Kier molecular flexibility index (Phi) is 5.38. The average Bonchev–Trinajstić information content (AvgIpc) is 3.22. The summed E-state index contributed by atoms with van der Waals surface area (Å²) in [6, 6.07) is 4.73. The van der Waals surface area contributed by atoms with Gasteiger partial charge in [0.25, 0.3) is 0 Å². The number of ether oxygens (including phenoxy) is 1. The van der Waals surface area contributed by atoms with Crippen molar-refractivity contribution in [1.82, 2.24) is 4.90 Å². The van der Waals surface area contributed by atoms with Crippen LogP contribution in [-0.4, -0.2) is 42.3 Å². The largest absolute Gasteiger partial charge is 0.495 e. The minimum atomic E-state index is -0.429. The first-order chi connectivity index (χ1) is 15.4. The second-order valence-electron chi connectivity index (χ2n) is 10.4. The van der Waals surface area contributed by atoms with E-state index >= 15 is 0 Å². The number of likely N-dealkylation sites (tertiary alicyclic amines) is 1. The van der Waals surface area contributed by atoms with Crippen molar-refractivity contribution < 1.29 is 19.1 Å². The highest BCUT2D eigenvalue weighted by atomic mass is 16.5. The SMILES string of the molecule is COc1ccc(NC(=O)C2CCCN2C(=O)C23CC4CC(CC(C4)C2)C3)cc1NC(C)=O. The van der Waals surface area contributed by atoms with Crippen LogP contribution < -0.4 is 15.4 Å². The van der Waals surface area contributed by atoms with Crippen molar-refractivity contribution >= 4 is 29.1 Å². The Morgan fingerprint density at radius 3 is 2.28 bits per heavy atom. The first-order valence-corrected chi connectivity index (χ1v) is 11.9. The van der Waals surface area contributed by atoms with Gasteiger partial charge in [-0.15, -0.1) is 0 Å². The number of nitrogens with one attached hydrogen (secondary N) is 2.